The lowest BCUT2D eigenvalue weighted by atomic mass is 10.1. The van der Waals surface area contributed by atoms with E-state index in [1.807, 2.05) is 42.5 Å². The van der Waals surface area contributed by atoms with Gasteiger partial charge in [0.15, 0.2) is 0 Å². The fraction of sp³-hybridized carbons (Fsp3) is 0.300. The van der Waals surface area contributed by atoms with Crippen LogP contribution in [-0.4, -0.2) is 13.3 Å². The van der Waals surface area contributed by atoms with Crippen LogP contribution in [0.3, 0.4) is 0 Å². The predicted octanol–water partition coefficient (Wildman–Crippen LogP) is 6.16. The topological polar surface area (TPSA) is 45.9 Å². The average molecular weight is 371 g/mol. The first kappa shape index (κ1) is 19.2. The lowest BCUT2D eigenvalue weighted by Gasteiger charge is -2.36. The van der Waals surface area contributed by atoms with Gasteiger partial charge in [-0.05, 0) is 53.5 Å². The third-order valence-corrected chi connectivity index (χ3v) is 9.19. The van der Waals surface area contributed by atoms with E-state index in [0.717, 1.165) is 16.9 Å². The Hall–Kier alpha value is -2.09. The van der Waals surface area contributed by atoms with Crippen LogP contribution in [0.5, 0.6) is 5.75 Å². The van der Waals surface area contributed by atoms with Crippen molar-refractivity contribution in [1.82, 2.24) is 4.98 Å². The number of rotatable bonds is 4. The summed E-state index contributed by atoms with van der Waals surface area (Å²) in [5.41, 5.74) is 2.23. The number of aromatic nitrogens is 1. The van der Waals surface area contributed by atoms with E-state index in [9.17, 15) is 0 Å². The number of benzene rings is 1. The van der Waals surface area contributed by atoms with E-state index < -0.39 is 8.32 Å². The quantitative estimate of drug-likeness (QED) is 0.605. The minimum absolute atomic E-state index is 0.140. The van der Waals surface area contributed by atoms with Crippen LogP contribution in [0.25, 0.3) is 12.2 Å². The summed E-state index contributed by atoms with van der Waals surface area (Å²) in [6.07, 6.45) is 5.52. The minimum atomic E-state index is -1.88. The minimum Gasteiger partial charge on any atom is -0.543 e. The first-order chi connectivity index (χ1) is 11.6. The number of halogens is 1. The summed E-state index contributed by atoms with van der Waals surface area (Å²) in [4.78, 5) is 4.05. The highest BCUT2D eigenvalue weighted by Gasteiger charge is 2.38. The van der Waals surface area contributed by atoms with Gasteiger partial charge in [0.2, 0.25) is 8.32 Å². The molecule has 0 atom stereocenters. The van der Waals surface area contributed by atoms with Gasteiger partial charge in [0.25, 0.3) is 0 Å². The van der Waals surface area contributed by atoms with Gasteiger partial charge in [-0.1, -0.05) is 50.6 Å². The second-order valence-corrected chi connectivity index (χ2v) is 12.6. The van der Waals surface area contributed by atoms with Crippen molar-refractivity contribution in [1.29, 1.82) is 5.26 Å². The Morgan fingerprint density at radius 3 is 2.40 bits per heavy atom. The Bertz CT molecular complexity index is 815. The van der Waals surface area contributed by atoms with E-state index in [4.69, 9.17) is 21.3 Å². The second kappa shape index (κ2) is 7.43. The van der Waals surface area contributed by atoms with Crippen molar-refractivity contribution in [2.24, 2.45) is 0 Å². The van der Waals surface area contributed by atoms with E-state index in [-0.39, 0.29) is 5.04 Å². The lowest BCUT2D eigenvalue weighted by molar-refractivity contribution is 0.492. The van der Waals surface area contributed by atoms with Crippen molar-refractivity contribution in [2.75, 3.05) is 0 Å². The molecular formula is C20H23ClN2OSi. The smallest absolute Gasteiger partial charge is 0.250 e. The highest BCUT2D eigenvalue weighted by Crippen LogP contribution is 2.38. The third kappa shape index (κ3) is 4.94. The molecule has 1 aromatic heterocycles. The Balaban J connectivity index is 2.16. The largest absolute Gasteiger partial charge is 0.543 e. The van der Waals surface area contributed by atoms with Gasteiger partial charge in [-0.25, -0.2) is 4.98 Å². The van der Waals surface area contributed by atoms with Crippen molar-refractivity contribution in [3.05, 3.63) is 58.4 Å². The zero-order valence-electron chi connectivity index (χ0n) is 15.3. The fourth-order valence-corrected chi connectivity index (χ4v) is 3.17. The van der Waals surface area contributed by atoms with Crippen LogP contribution in [-0.2, 0) is 0 Å². The van der Waals surface area contributed by atoms with Crippen LogP contribution >= 0.6 is 11.6 Å². The van der Waals surface area contributed by atoms with Crippen LogP contribution in [0.1, 0.15) is 37.6 Å². The summed E-state index contributed by atoms with van der Waals surface area (Å²) in [7, 11) is -1.88. The van der Waals surface area contributed by atoms with Gasteiger partial charge in [0.1, 0.15) is 17.5 Å². The Morgan fingerprint density at radius 2 is 1.88 bits per heavy atom. The summed E-state index contributed by atoms with van der Waals surface area (Å²) in [5.74, 6) is 0.814. The molecule has 1 aromatic carbocycles. The zero-order valence-corrected chi connectivity index (χ0v) is 17.1. The molecule has 0 saturated carbocycles. The first-order valence-electron chi connectivity index (χ1n) is 8.15. The van der Waals surface area contributed by atoms with Crippen LogP contribution in [0.4, 0.5) is 0 Å². The van der Waals surface area contributed by atoms with Crippen LogP contribution in [0, 0.1) is 11.3 Å². The zero-order chi connectivity index (χ0) is 18.7. The van der Waals surface area contributed by atoms with Crippen molar-refractivity contribution in [3.8, 4) is 11.8 Å². The van der Waals surface area contributed by atoms with E-state index in [1.54, 1.807) is 12.3 Å². The number of nitrogens with zero attached hydrogens (tertiary/aromatic N) is 2. The molecule has 0 amide bonds. The number of hydrogen-bond donors (Lipinski definition) is 0. The second-order valence-electron chi connectivity index (χ2n) is 7.47. The summed E-state index contributed by atoms with van der Waals surface area (Å²) >= 11 is 6.41. The molecule has 0 aliphatic rings. The highest BCUT2D eigenvalue weighted by molar-refractivity contribution is 6.74. The molecule has 1 heterocycles. The molecular weight excluding hydrogens is 348 g/mol. The van der Waals surface area contributed by atoms with Crippen molar-refractivity contribution < 1.29 is 4.43 Å². The highest BCUT2D eigenvalue weighted by atomic mass is 35.5. The molecule has 0 unspecified atom stereocenters. The predicted molar refractivity (Wildman–Crippen MR) is 107 cm³/mol. The van der Waals surface area contributed by atoms with Crippen LogP contribution in [0.15, 0.2) is 36.5 Å². The van der Waals surface area contributed by atoms with Gasteiger partial charge in [0.05, 0.1) is 5.02 Å². The summed E-state index contributed by atoms with van der Waals surface area (Å²) in [6.45, 7) is 11.1. The fourth-order valence-electron chi connectivity index (χ4n) is 1.91. The van der Waals surface area contributed by atoms with Gasteiger partial charge in [-0.3, -0.25) is 0 Å². The van der Waals surface area contributed by atoms with Gasteiger partial charge in [-0.2, -0.15) is 5.26 Å². The molecule has 0 aliphatic heterocycles. The van der Waals surface area contributed by atoms with E-state index in [1.165, 1.54) is 0 Å². The number of nitriles is 1. The normalized spacial score (nSPS) is 12.2. The average Bonchev–Trinajstić information content (AvgIpc) is 2.53. The van der Waals surface area contributed by atoms with Crippen molar-refractivity contribution >= 4 is 32.1 Å². The maximum Gasteiger partial charge on any atom is 0.250 e. The first-order valence-corrected chi connectivity index (χ1v) is 11.4. The molecule has 5 heteroatoms. The molecule has 0 fully saturated rings. The molecule has 0 saturated heterocycles. The van der Waals surface area contributed by atoms with E-state index in [2.05, 4.69) is 38.8 Å². The molecule has 0 bridgehead atoms. The van der Waals surface area contributed by atoms with E-state index >= 15 is 0 Å². The Morgan fingerprint density at radius 1 is 1.16 bits per heavy atom. The van der Waals surface area contributed by atoms with Crippen molar-refractivity contribution in [3.63, 3.8) is 0 Å². The standard InChI is InChI=1S/C20H23ClN2OSi/c1-20(2,3)25(4,5)24-18-11-9-16(19(21)12-18)8-6-15-7-10-17(13-22)23-14-15/h6-12,14H,1-5H3/b8-6+. The molecule has 130 valence electrons. The van der Waals surface area contributed by atoms with Crippen LogP contribution < -0.4 is 4.43 Å². The molecule has 2 aromatic rings. The van der Waals surface area contributed by atoms with Gasteiger partial charge >= 0.3 is 0 Å². The third-order valence-electron chi connectivity index (χ3n) is 4.51. The molecule has 0 radical (unpaired) electrons. The van der Waals surface area contributed by atoms with Crippen molar-refractivity contribution in [2.45, 2.75) is 38.9 Å². The van der Waals surface area contributed by atoms with E-state index in [0.29, 0.717) is 10.7 Å². The Kier molecular flexibility index (Phi) is 5.71. The molecule has 2 rings (SSSR count). The molecule has 3 nitrogen and oxygen atoms in total. The van der Waals surface area contributed by atoms with Gasteiger partial charge < -0.3 is 4.43 Å². The molecule has 0 N–H and O–H groups in total. The Labute approximate surface area is 156 Å². The molecule has 0 spiro atoms. The lowest BCUT2D eigenvalue weighted by Crippen LogP contribution is -2.43. The maximum atomic E-state index is 8.77. The monoisotopic (exact) mass is 370 g/mol. The molecule has 0 aliphatic carbocycles. The molecule has 25 heavy (non-hydrogen) atoms. The number of pyridine rings is 1. The maximum absolute atomic E-state index is 8.77. The number of hydrogen-bond acceptors (Lipinski definition) is 3. The summed E-state index contributed by atoms with van der Waals surface area (Å²) < 4.78 is 6.28. The summed E-state index contributed by atoms with van der Waals surface area (Å²) in [5, 5.41) is 9.56. The van der Waals surface area contributed by atoms with Gasteiger partial charge in [-0.15, -0.1) is 0 Å². The van der Waals surface area contributed by atoms with Gasteiger partial charge in [0, 0.05) is 6.20 Å². The summed E-state index contributed by atoms with van der Waals surface area (Å²) in [6, 6.07) is 11.3. The SMILES string of the molecule is CC(C)(C)[Si](C)(C)Oc1ccc(/C=C/c2ccc(C#N)nc2)c(Cl)c1. The van der Waals surface area contributed by atoms with Crippen LogP contribution in [0.2, 0.25) is 23.2 Å².